The summed E-state index contributed by atoms with van der Waals surface area (Å²) < 4.78 is 54.1. The van der Waals surface area contributed by atoms with Crippen LogP contribution in [0.5, 0.6) is 5.75 Å². The van der Waals surface area contributed by atoms with E-state index in [-0.39, 0.29) is 11.5 Å². The van der Waals surface area contributed by atoms with Gasteiger partial charge in [-0.3, -0.25) is 8.98 Å². The molecule has 2 aromatic carbocycles. The van der Waals surface area contributed by atoms with Gasteiger partial charge in [0.25, 0.3) is 10.1 Å². The van der Waals surface area contributed by atoms with E-state index in [1.165, 1.54) is 37.3 Å². The largest absolute Gasteiger partial charge is 0.461 e. The number of hydrogen-bond acceptors (Lipinski definition) is 9. The van der Waals surface area contributed by atoms with Crippen LogP contribution < -0.4 is 4.74 Å². The summed E-state index contributed by atoms with van der Waals surface area (Å²) >= 11 is 7.96. The highest BCUT2D eigenvalue weighted by molar-refractivity contribution is 14.1. The standard InChI is InChI=1S/C23H24ClIO9S/c1-3-12-30-21-20(27)19(13-31-35(28,29)18-10-4-15(24)5-11-18)34-23(22(21)32-14(2)26)33-17-8-6-16(25)7-9-17/h3-11,19-23,27H,1,12-13H2,2H3. The Labute approximate surface area is 222 Å². The van der Waals surface area contributed by atoms with Crippen LogP contribution in [-0.2, 0) is 33.3 Å². The maximum Gasteiger partial charge on any atom is 0.303 e. The molecule has 1 saturated heterocycles. The third-order valence-corrected chi connectivity index (χ3v) is 7.15. The molecule has 1 aliphatic heterocycles. The van der Waals surface area contributed by atoms with Crippen LogP contribution in [0.3, 0.4) is 0 Å². The molecule has 1 aliphatic rings. The van der Waals surface area contributed by atoms with Gasteiger partial charge in [0.05, 0.1) is 18.1 Å². The highest BCUT2D eigenvalue weighted by atomic mass is 127. The third-order valence-electron chi connectivity index (χ3n) is 4.88. The Balaban J connectivity index is 1.84. The second kappa shape index (κ2) is 12.5. The molecule has 2 aromatic rings. The second-order valence-electron chi connectivity index (χ2n) is 7.46. The monoisotopic (exact) mass is 638 g/mol. The molecule has 9 nitrogen and oxygen atoms in total. The van der Waals surface area contributed by atoms with Crippen molar-refractivity contribution in [1.29, 1.82) is 0 Å². The van der Waals surface area contributed by atoms with Crippen LogP contribution in [0.4, 0.5) is 0 Å². The zero-order valence-corrected chi connectivity index (χ0v) is 22.3. The van der Waals surface area contributed by atoms with E-state index >= 15 is 0 Å². The maximum absolute atomic E-state index is 12.6. The summed E-state index contributed by atoms with van der Waals surface area (Å²) in [5.74, 6) is -0.242. The summed E-state index contributed by atoms with van der Waals surface area (Å²) in [5, 5.41) is 11.3. The van der Waals surface area contributed by atoms with Gasteiger partial charge in [0.2, 0.25) is 6.29 Å². The van der Waals surface area contributed by atoms with Gasteiger partial charge in [-0.15, -0.1) is 6.58 Å². The highest BCUT2D eigenvalue weighted by Crippen LogP contribution is 2.30. The lowest BCUT2D eigenvalue weighted by atomic mass is 9.98. The van der Waals surface area contributed by atoms with Crippen LogP contribution in [0.1, 0.15) is 6.92 Å². The molecule has 0 amide bonds. The van der Waals surface area contributed by atoms with E-state index in [1.54, 1.807) is 24.3 Å². The number of aliphatic hydroxyl groups excluding tert-OH is 1. The predicted octanol–water partition coefficient (Wildman–Crippen LogP) is 3.32. The van der Waals surface area contributed by atoms with Crippen molar-refractivity contribution >= 4 is 50.3 Å². The van der Waals surface area contributed by atoms with Crippen molar-refractivity contribution in [3.63, 3.8) is 0 Å². The minimum absolute atomic E-state index is 0.0202. The fourth-order valence-corrected chi connectivity index (χ4v) is 4.69. The number of carbonyl (C=O) groups excluding carboxylic acids is 1. The summed E-state index contributed by atoms with van der Waals surface area (Å²) in [6, 6.07) is 12.4. The minimum Gasteiger partial charge on any atom is -0.461 e. The van der Waals surface area contributed by atoms with Gasteiger partial charge >= 0.3 is 5.97 Å². The second-order valence-corrected chi connectivity index (χ2v) is 10.8. The molecule has 0 aliphatic carbocycles. The summed E-state index contributed by atoms with van der Waals surface area (Å²) in [5.41, 5.74) is 0. The molecule has 0 spiro atoms. The molecule has 190 valence electrons. The molecule has 0 aromatic heterocycles. The Kier molecular flexibility index (Phi) is 9.93. The first-order chi connectivity index (χ1) is 16.6. The summed E-state index contributed by atoms with van der Waals surface area (Å²) in [7, 11) is -4.18. The van der Waals surface area contributed by atoms with Gasteiger partial charge in [-0.2, -0.15) is 8.42 Å². The Morgan fingerprint density at radius 1 is 1.17 bits per heavy atom. The van der Waals surface area contributed by atoms with Crippen LogP contribution in [0.2, 0.25) is 5.02 Å². The number of hydrogen-bond donors (Lipinski definition) is 1. The fourth-order valence-electron chi connectivity index (χ4n) is 3.28. The number of benzene rings is 2. The first-order valence-corrected chi connectivity index (χ1v) is 13.3. The summed E-state index contributed by atoms with van der Waals surface area (Å²) in [6.45, 7) is 4.25. The lowest BCUT2D eigenvalue weighted by Crippen LogP contribution is -2.62. The van der Waals surface area contributed by atoms with Crippen LogP contribution in [0, 0.1) is 3.57 Å². The molecule has 0 bridgehead atoms. The fraction of sp³-hybridized carbons (Fsp3) is 0.348. The van der Waals surface area contributed by atoms with Crippen molar-refractivity contribution < 1.29 is 41.4 Å². The number of halogens is 2. The number of ether oxygens (including phenoxy) is 4. The lowest BCUT2D eigenvalue weighted by Gasteiger charge is -2.43. The molecule has 1 N–H and O–H groups in total. The van der Waals surface area contributed by atoms with E-state index in [4.69, 9.17) is 34.7 Å². The average Bonchev–Trinajstić information content (AvgIpc) is 2.81. The van der Waals surface area contributed by atoms with Crippen molar-refractivity contribution in [3.8, 4) is 5.75 Å². The maximum atomic E-state index is 12.6. The van der Waals surface area contributed by atoms with Gasteiger partial charge in [-0.25, -0.2) is 0 Å². The Morgan fingerprint density at radius 2 is 1.83 bits per heavy atom. The normalized spacial score (nSPS) is 24.5. The Bertz CT molecular complexity index is 1110. The topological polar surface area (TPSA) is 118 Å². The van der Waals surface area contributed by atoms with Gasteiger partial charge in [0.15, 0.2) is 6.10 Å². The van der Waals surface area contributed by atoms with Crippen LogP contribution in [0.25, 0.3) is 0 Å². The molecular formula is C23H24ClIO9S. The van der Waals surface area contributed by atoms with Crippen molar-refractivity contribution in [1.82, 2.24) is 0 Å². The van der Waals surface area contributed by atoms with Crippen LogP contribution >= 0.6 is 34.2 Å². The van der Waals surface area contributed by atoms with E-state index in [0.29, 0.717) is 10.8 Å². The molecule has 12 heteroatoms. The molecule has 0 saturated carbocycles. The number of aliphatic hydroxyl groups is 1. The van der Waals surface area contributed by atoms with E-state index in [0.717, 1.165) is 3.57 Å². The number of rotatable bonds is 10. The average molecular weight is 639 g/mol. The minimum atomic E-state index is -4.18. The van der Waals surface area contributed by atoms with Gasteiger partial charge < -0.3 is 24.1 Å². The SMILES string of the molecule is C=CCOC1C(O)C(COS(=O)(=O)c2ccc(Cl)cc2)OC(Oc2ccc(I)cc2)C1OC(C)=O. The molecule has 5 unspecified atom stereocenters. The Hall–Kier alpha value is -1.74. The molecule has 0 radical (unpaired) electrons. The van der Waals surface area contributed by atoms with Gasteiger partial charge in [0.1, 0.15) is 24.1 Å². The summed E-state index contributed by atoms with van der Waals surface area (Å²) in [4.78, 5) is 11.7. The van der Waals surface area contributed by atoms with Crippen LogP contribution in [0.15, 0.2) is 66.1 Å². The number of esters is 1. The number of carbonyl (C=O) groups is 1. The molecule has 5 atom stereocenters. The van der Waals surface area contributed by atoms with E-state index < -0.39 is 53.4 Å². The first kappa shape index (κ1) is 27.8. The molecule has 35 heavy (non-hydrogen) atoms. The zero-order valence-electron chi connectivity index (χ0n) is 18.6. The Morgan fingerprint density at radius 3 is 2.43 bits per heavy atom. The third kappa shape index (κ3) is 7.62. The van der Waals surface area contributed by atoms with Crippen molar-refractivity contribution in [2.24, 2.45) is 0 Å². The molecule has 3 rings (SSSR count). The predicted molar refractivity (Wildman–Crippen MR) is 135 cm³/mol. The van der Waals surface area contributed by atoms with E-state index in [9.17, 15) is 18.3 Å². The smallest absolute Gasteiger partial charge is 0.303 e. The molecule has 1 fully saturated rings. The van der Waals surface area contributed by atoms with Crippen LogP contribution in [-0.4, -0.2) is 63.4 Å². The van der Waals surface area contributed by atoms with Crippen molar-refractivity contribution in [2.45, 2.75) is 42.5 Å². The van der Waals surface area contributed by atoms with E-state index in [1.807, 2.05) is 0 Å². The quantitative estimate of drug-likeness (QED) is 0.181. The molecule has 1 heterocycles. The zero-order chi connectivity index (χ0) is 25.6. The van der Waals surface area contributed by atoms with Crippen molar-refractivity contribution in [2.75, 3.05) is 13.2 Å². The van der Waals surface area contributed by atoms with Gasteiger partial charge in [-0.05, 0) is 71.1 Å². The highest BCUT2D eigenvalue weighted by Gasteiger charge is 2.49. The van der Waals surface area contributed by atoms with E-state index in [2.05, 4.69) is 29.2 Å². The summed E-state index contributed by atoms with van der Waals surface area (Å²) in [6.07, 6.45) is -4.68. The van der Waals surface area contributed by atoms with Gasteiger partial charge in [0, 0.05) is 15.5 Å². The lowest BCUT2D eigenvalue weighted by molar-refractivity contribution is -0.287. The van der Waals surface area contributed by atoms with Gasteiger partial charge in [-0.1, -0.05) is 17.7 Å². The molecular weight excluding hydrogens is 615 g/mol. The van der Waals surface area contributed by atoms with Crippen molar-refractivity contribution in [3.05, 3.63) is 69.8 Å². The first-order valence-electron chi connectivity index (χ1n) is 10.4.